The quantitative estimate of drug-likeness (QED) is 0.270. The minimum absolute atomic E-state index is 0.882. The molecule has 0 aromatic carbocycles. The van der Waals surface area contributed by atoms with E-state index >= 15 is 0 Å². The van der Waals surface area contributed by atoms with Gasteiger partial charge >= 0.3 is 0 Å². The summed E-state index contributed by atoms with van der Waals surface area (Å²) in [7, 11) is 0. The molecule has 0 aromatic heterocycles. The summed E-state index contributed by atoms with van der Waals surface area (Å²) in [6, 6.07) is 0. The molecule has 0 aliphatic carbocycles. The molecular weight excluding hydrogens is 313 g/mol. The second kappa shape index (κ2) is 15.2. The molecule has 0 rings (SSSR count). The highest BCUT2D eigenvalue weighted by molar-refractivity contribution is 8.09. The van der Waals surface area contributed by atoms with Gasteiger partial charge in [-0.2, -0.15) is 73.2 Å². The molecule has 0 nitrogen and oxygen atoms in total. The van der Waals surface area contributed by atoms with E-state index in [-0.39, 0.29) is 0 Å². The highest BCUT2D eigenvalue weighted by Gasteiger charge is 2.08. The molecule has 0 amide bonds. The number of thiol groups is 3. The van der Waals surface area contributed by atoms with Gasteiger partial charge in [-0.1, -0.05) is 0 Å². The van der Waals surface area contributed by atoms with Crippen LogP contribution in [0.15, 0.2) is 0 Å². The minimum Gasteiger partial charge on any atom is -0.168 e. The summed E-state index contributed by atoms with van der Waals surface area (Å²) >= 11 is 18.5. The van der Waals surface area contributed by atoms with E-state index in [4.69, 9.17) is 0 Å². The van der Waals surface area contributed by atoms with Crippen LogP contribution in [0.1, 0.15) is 19.3 Å². The summed E-state index contributed by atoms with van der Waals surface area (Å²) in [6.45, 7) is 0. The summed E-state index contributed by atoms with van der Waals surface area (Å²) < 4.78 is 0. The Labute approximate surface area is 130 Å². The van der Waals surface area contributed by atoms with Crippen molar-refractivity contribution in [3.63, 3.8) is 0 Å². The smallest absolute Gasteiger partial charge is 0.0361 e. The fraction of sp³-hybridized carbons (Fsp3) is 1.00. The standard InChI is InChI=1S/C10H22S6/c11-7-14-4-1-10(2-5-15-8-12)3-6-16-9-13/h10-13H,1-9H2. The van der Waals surface area contributed by atoms with Crippen LogP contribution in [0.2, 0.25) is 0 Å². The van der Waals surface area contributed by atoms with Crippen molar-refractivity contribution < 1.29 is 0 Å². The third-order valence-corrected chi connectivity index (χ3v) is 6.05. The zero-order valence-electron chi connectivity index (χ0n) is 9.51. The molecule has 0 atom stereocenters. The summed E-state index contributed by atoms with van der Waals surface area (Å²) in [6.07, 6.45) is 4.02. The fourth-order valence-corrected chi connectivity index (χ4v) is 4.43. The monoisotopic (exact) mass is 334 g/mol. The van der Waals surface area contributed by atoms with Crippen molar-refractivity contribution in [2.75, 3.05) is 32.5 Å². The average molecular weight is 335 g/mol. The number of thioether (sulfide) groups is 3. The number of hydrogen-bond donors (Lipinski definition) is 3. The topological polar surface area (TPSA) is 0 Å². The van der Waals surface area contributed by atoms with Gasteiger partial charge in [-0.3, -0.25) is 0 Å². The first-order valence-corrected chi connectivity index (χ1v) is 10.8. The Bertz CT molecular complexity index is 109. The predicted octanol–water partition coefficient (Wildman–Crippen LogP) is 4.63. The lowest BCUT2D eigenvalue weighted by molar-refractivity contribution is 0.489. The Kier molecular flexibility index (Phi) is 17.1. The Morgan fingerprint density at radius 3 is 1.19 bits per heavy atom. The van der Waals surface area contributed by atoms with E-state index in [1.807, 2.05) is 35.3 Å². The van der Waals surface area contributed by atoms with Crippen LogP contribution < -0.4 is 0 Å². The molecule has 98 valence electrons. The second-order valence-corrected chi connectivity index (χ2v) is 8.89. The molecule has 0 fully saturated rings. The third-order valence-electron chi connectivity index (χ3n) is 2.29. The summed E-state index contributed by atoms with van der Waals surface area (Å²) in [5, 5.41) is 2.84. The minimum atomic E-state index is 0.882. The van der Waals surface area contributed by atoms with Crippen LogP contribution in [-0.2, 0) is 0 Å². The van der Waals surface area contributed by atoms with E-state index < -0.39 is 0 Å². The van der Waals surface area contributed by atoms with E-state index in [9.17, 15) is 0 Å². The molecule has 0 aromatic rings. The van der Waals surface area contributed by atoms with Crippen LogP contribution in [0, 0.1) is 5.92 Å². The second-order valence-electron chi connectivity index (χ2n) is 3.34. The Hall–Kier alpha value is 2.10. The van der Waals surface area contributed by atoms with Gasteiger partial charge in [0, 0.05) is 15.3 Å². The molecule has 0 bridgehead atoms. The number of rotatable bonds is 12. The van der Waals surface area contributed by atoms with Gasteiger partial charge in [-0.15, -0.1) is 0 Å². The lowest BCUT2D eigenvalue weighted by Gasteiger charge is -2.15. The van der Waals surface area contributed by atoms with Gasteiger partial charge in [0.2, 0.25) is 0 Å². The van der Waals surface area contributed by atoms with E-state index in [1.165, 1.54) is 36.5 Å². The van der Waals surface area contributed by atoms with Gasteiger partial charge in [0.15, 0.2) is 0 Å². The summed E-state index contributed by atoms with van der Waals surface area (Å²) in [4.78, 5) is 0. The predicted molar refractivity (Wildman–Crippen MR) is 96.3 cm³/mol. The van der Waals surface area contributed by atoms with Crippen molar-refractivity contribution in [1.29, 1.82) is 0 Å². The fourth-order valence-electron chi connectivity index (χ4n) is 1.38. The van der Waals surface area contributed by atoms with Crippen LogP contribution in [0.25, 0.3) is 0 Å². The molecule has 0 aliphatic heterocycles. The molecule has 0 radical (unpaired) electrons. The first-order chi connectivity index (χ1) is 7.85. The lowest BCUT2D eigenvalue weighted by Crippen LogP contribution is -2.05. The average Bonchev–Trinajstić information content (AvgIpc) is 2.29. The molecule has 0 N–H and O–H groups in total. The molecule has 0 aliphatic rings. The highest BCUT2D eigenvalue weighted by atomic mass is 32.2. The molecular formula is C10H22S6. The summed E-state index contributed by atoms with van der Waals surface area (Å²) in [5.74, 6) is 4.65. The maximum Gasteiger partial charge on any atom is 0.0361 e. The van der Waals surface area contributed by atoms with Gasteiger partial charge in [0.25, 0.3) is 0 Å². The molecule has 0 saturated carbocycles. The van der Waals surface area contributed by atoms with Crippen molar-refractivity contribution in [1.82, 2.24) is 0 Å². The highest BCUT2D eigenvalue weighted by Crippen LogP contribution is 2.22. The normalized spacial score (nSPS) is 11.2. The van der Waals surface area contributed by atoms with E-state index in [2.05, 4.69) is 37.9 Å². The van der Waals surface area contributed by atoms with Crippen molar-refractivity contribution >= 4 is 73.2 Å². The maximum atomic E-state index is 4.23. The molecule has 0 saturated heterocycles. The van der Waals surface area contributed by atoms with Crippen molar-refractivity contribution in [2.24, 2.45) is 5.92 Å². The van der Waals surface area contributed by atoms with Crippen LogP contribution in [0.3, 0.4) is 0 Å². The van der Waals surface area contributed by atoms with E-state index in [1.54, 1.807) is 0 Å². The van der Waals surface area contributed by atoms with Gasteiger partial charge in [-0.25, -0.2) is 0 Å². The molecule has 0 heterocycles. The molecule has 16 heavy (non-hydrogen) atoms. The van der Waals surface area contributed by atoms with Crippen molar-refractivity contribution in [2.45, 2.75) is 19.3 Å². The van der Waals surface area contributed by atoms with Crippen LogP contribution in [0.5, 0.6) is 0 Å². The van der Waals surface area contributed by atoms with Crippen molar-refractivity contribution in [3.8, 4) is 0 Å². The largest absolute Gasteiger partial charge is 0.168 e. The van der Waals surface area contributed by atoms with Crippen LogP contribution >= 0.6 is 73.2 Å². The van der Waals surface area contributed by atoms with Gasteiger partial charge < -0.3 is 0 Å². The van der Waals surface area contributed by atoms with E-state index in [0.717, 1.165) is 21.2 Å². The first-order valence-electron chi connectivity index (χ1n) is 5.41. The Morgan fingerprint density at radius 2 is 0.938 bits per heavy atom. The zero-order valence-corrected chi connectivity index (χ0v) is 14.6. The maximum absolute atomic E-state index is 4.23. The van der Waals surface area contributed by atoms with Gasteiger partial charge in [0.05, 0.1) is 0 Å². The van der Waals surface area contributed by atoms with E-state index in [0.29, 0.717) is 0 Å². The van der Waals surface area contributed by atoms with Crippen LogP contribution in [-0.4, -0.2) is 32.5 Å². The molecule has 0 spiro atoms. The summed E-state index contributed by atoms with van der Waals surface area (Å²) in [5.41, 5.74) is 0. The van der Waals surface area contributed by atoms with Crippen LogP contribution in [0.4, 0.5) is 0 Å². The Balaban J connectivity index is 3.58. The van der Waals surface area contributed by atoms with Crippen molar-refractivity contribution in [3.05, 3.63) is 0 Å². The van der Waals surface area contributed by atoms with Gasteiger partial charge in [0.1, 0.15) is 0 Å². The lowest BCUT2D eigenvalue weighted by atomic mass is 10.0. The number of hydrogen-bond acceptors (Lipinski definition) is 6. The molecule has 0 unspecified atom stereocenters. The molecule has 6 heteroatoms. The SMILES string of the molecule is SCSCCC(CCSCS)CCSCS. The third kappa shape index (κ3) is 12.6. The zero-order chi connectivity index (χ0) is 12.1. The van der Waals surface area contributed by atoms with Gasteiger partial charge in [-0.05, 0) is 42.4 Å². The Morgan fingerprint density at radius 1 is 0.625 bits per heavy atom. The first kappa shape index (κ1) is 18.1.